The Morgan fingerprint density at radius 1 is 0.476 bits per heavy atom. The minimum absolute atomic E-state index is 0.0149. The van der Waals surface area contributed by atoms with Crippen LogP contribution in [0.1, 0.15) is 74.9 Å². The van der Waals surface area contributed by atoms with Gasteiger partial charge in [-0.1, -0.05) is 65.8 Å². The van der Waals surface area contributed by atoms with E-state index in [0.717, 1.165) is 11.1 Å². The van der Waals surface area contributed by atoms with Crippen LogP contribution < -0.4 is 0 Å². The Balaban J connectivity index is 1.74. The summed E-state index contributed by atoms with van der Waals surface area (Å²) >= 11 is 0. The smallest absolute Gasteiger partial charge is 0.185 e. The highest BCUT2D eigenvalue weighted by atomic mass is 16.3. The third-order valence-electron chi connectivity index (χ3n) is 8.22. The van der Waals surface area contributed by atoms with E-state index in [0.29, 0.717) is 22.3 Å². The molecule has 0 saturated heterocycles. The van der Waals surface area contributed by atoms with E-state index >= 15 is 0 Å². The fourth-order valence-electron chi connectivity index (χ4n) is 5.72. The summed E-state index contributed by atoms with van der Waals surface area (Å²) in [4.78, 5) is 53.1. The molecule has 0 heterocycles. The highest BCUT2D eigenvalue weighted by Gasteiger charge is 2.30. The van der Waals surface area contributed by atoms with Crippen molar-refractivity contribution >= 4 is 23.1 Å². The minimum atomic E-state index is -0.326. The number of hydrogen-bond acceptors (Lipinski definition) is 6. The topological polar surface area (TPSA) is 109 Å². The van der Waals surface area contributed by atoms with Crippen molar-refractivity contribution in [3.8, 4) is 11.5 Å². The quantitative estimate of drug-likeness (QED) is 0.404. The molecule has 6 heteroatoms. The molecule has 2 N–H and O–H groups in total. The summed E-state index contributed by atoms with van der Waals surface area (Å²) < 4.78 is 0. The molecule has 0 fully saturated rings. The van der Waals surface area contributed by atoms with Crippen molar-refractivity contribution in [2.45, 2.75) is 78.1 Å². The first-order chi connectivity index (χ1) is 19.5. The molecule has 0 unspecified atom stereocenters. The monoisotopic (exact) mass is 564 g/mol. The standard InChI is InChI=1S/C36H36O6/c1-35(2,3)27-11-19-7-23-15-29(37)17-25(33(23)41)9-21-13-28(36(4,5)6)14-22(32(21)40)10-26-18-30(38)16-24(34(26)42)8-20(12-27)31(19)39/h11-18,39-40H,7-10H2,1-6H3. The molecule has 0 radical (unpaired) electrons. The van der Waals surface area contributed by atoms with Gasteiger partial charge in [-0.2, -0.15) is 0 Å². The van der Waals surface area contributed by atoms with Crippen LogP contribution in [0.25, 0.3) is 0 Å². The molecule has 0 aliphatic heterocycles. The summed E-state index contributed by atoms with van der Waals surface area (Å²) in [6, 6.07) is 7.32. The molecule has 0 saturated carbocycles. The normalized spacial score (nSPS) is 17.9. The van der Waals surface area contributed by atoms with E-state index in [1.54, 1.807) is 0 Å². The summed E-state index contributed by atoms with van der Waals surface area (Å²) in [6.07, 6.45) is 5.27. The zero-order chi connectivity index (χ0) is 30.7. The zero-order valence-electron chi connectivity index (χ0n) is 25.0. The van der Waals surface area contributed by atoms with E-state index in [1.165, 1.54) is 24.3 Å². The maximum Gasteiger partial charge on any atom is 0.185 e. The van der Waals surface area contributed by atoms with Crippen LogP contribution in [0, 0.1) is 0 Å². The lowest BCUT2D eigenvalue weighted by Gasteiger charge is -2.25. The number of fused-ring (bicyclic) bond motifs is 8. The first-order valence-electron chi connectivity index (χ1n) is 14.2. The third kappa shape index (κ3) is 5.58. The minimum Gasteiger partial charge on any atom is -0.507 e. The number of hydrogen-bond donors (Lipinski definition) is 2. The van der Waals surface area contributed by atoms with Crippen molar-refractivity contribution in [3.63, 3.8) is 0 Å². The molecule has 0 amide bonds. The van der Waals surface area contributed by atoms with Gasteiger partial charge in [0.1, 0.15) is 11.5 Å². The maximum atomic E-state index is 13.7. The van der Waals surface area contributed by atoms with Crippen LogP contribution in [0.4, 0.5) is 0 Å². The number of carbonyl (C=O) groups excluding carboxylic acids is 4. The molecule has 2 aromatic rings. The van der Waals surface area contributed by atoms with E-state index in [1.807, 2.05) is 65.8 Å². The second kappa shape index (κ2) is 10.2. The number of rotatable bonds is 0. The van der Waals surface area contributed by atoms with Gasteiger partial charge in [-0.25, -0.2) is 0 Å². The molecule has 3 aliphatic carbocycles. The number of phenolic OH excluding ortho intramolecular Hbond substituents is 2. The predicted octanol–water partition coefficient (Wildman–Crippen LogP) is 5.59. The Morgan fingerprint density at radius 3 is 0.929 bits per heavy atom. The molecule has 0 spiro atoms. The van der Waals surface area contributed by atoms with Crippen LogP contribution in [-0.4, -0.2) is 33.3 Å². The number of aromatic hydroxyl groups is 2. The van der Waals surface area contributed by atoms with Gasteiger partial charge in [0.2, 0.25) is 0 Å². The Bertz CT molecular complexity index is 1480. The summed E-state index contributed by atoms with van der Waals surface area (Å²) in [5, 5.41) is 22.8. The Labute approximate surface area is 246 Å². The second-order valence-electron chi connectivity index (χ2n) is 13.6. The van der Waals surface area contributed by atoms with Crippen LogP contribution in [0.3, 0.4) is 0 Å². The van der Waals surface area contributed by atoms with E-state index < -0.39 is 0 Å². The summed E-state index contributed by atoms with van der Waals surface area (Å²) in [6.45, 7) is 12.1. The van der Waals surface area contributed by atoms with Gasteiger partial charge in [0, 0.05) is 48.0 Å². The average Bonchev–Trinajstić information content (AvgIpc) is 2.87. The van der Waals surface area contributed by atoms with E-state index in [9.17, 15) is 29.4 Å². The predicted molar refractivity (Wildman–Crippen MR) is 161 cm³/mol. The third-order valence-corrected chi connectivity index (χ3v) is 8.22. The van der Waals surface area contributed by atoms with E-state index in [-0.39, 0.29) is 93.4 Å². The number of carbonyl (C=O) groups is 4. The number of allylic oxidation sites excluding steroid dienone is 8. The SMILES string of the molecule is CC(C)(C)c1cc2c(O)c(c1)CC1=CC(=O)C=C(Cc3cc(C(C)(C)C)cc(c3O)CC3=CC(=O)C=C(C2)C3=O)C1=O. The average molecular weight is 565 g/mol. The van der Waals surface area contributed by atoms with E-state index in [2.05, 4.69) is 0 Å². The fraction of sp³-hybridized carbons (Fsp3) is 0.333. The Kier molecular flexibility index (Phi) is 7.08. The first kappa shape index (κ1) is 29.2. The molecule has 216 valence electrons. The summed E-state index contributed by atoms with van der Waals surface area (Å²) in [5.74, 6) is -1.41. The van der Waals surface area contributed by atoms with Crippen LogP contribution in [0.2, 0.25) is 0 Å². The molecule has 42 heavy (non-hydrogen) atoms. The van der Waals surface area contributed by atoms with Gasteiger partial charge in [-0.15, -0.1) is 0 Å². The van der Waals surface area contributed by atoms with Crippen LogP contribution in [0.15, 0.2) is 70.9 Å². The number of benzene rings is 2. The molecular formula is C36H36O6. The molecule has 0 atom stereocenters. The molecule has 5 rings (SSSR count). The van der Waals surface area contributed by atoms with Gasteiger partial charge in [-0.05, 0) is 68.5 Å². The Hall–Kier alpha value is -4.32. The molecule has 2 aromatic carbocycles. The van der Waals surface area contributed by atoms with Crippen molar-refractivity contribution in [3.05, 3.63) is 104 Å². The van der Waals surface area contributed by atoms with Gasteiger partial charge in [0.25, 0.3) is 0 Å². The van der Waals surface area contributed by atoms with Gasteiger partial charge in [0.15, 0.2) is 23.1 Å². The molecular weight excluding hydrogens is 528 g/mol. The lowest BCUT2D eigenvalue weighted by Crippen LogP contribution is -2.21. The van der Waals surface area contributed by atoms with Gasteiger partial charge in [0.05, 0.1) is 0 Å². The maximum absolute atomic E-state index is 13.7. The number of Topliss-reactive ketones (excluding diaryl/α,β-unsaturated/α-hetero) is 2. The Morgan fingerprint density at radius 2 is 0.714 bits per heavy atom. The van der Waals surface area contributed by atoms with Crippen LogP contribution in [-0.2, 0) is 55.7 Å². The first-order valence-corrected chi connectivity index (χ1v) is 14.2. The van der Waals surface area contributed by atoms with Gasteiger partial charge >= 0.3 is 0 Å². The van der Waals surface area contributed by atoms with Gasteiger partial charge < -0.3 is 10.2 Å². The van der Waals surface area contributed by atoms with Crippen LogP contribution >= 0.6 is 0 Å². The zero-order valence-corrected chi connectivity index (χ0v) is 25.0. The lowest BCUT2D eigenvalue weighted by atomic mass is 9.79. The summed E-state index contributed by atoms with van der Waals surface area (Å²) in [5.41, 5.74) is 3.97. The molecule has 8 bridgehead atoms. The van der Waals surface area contributed by atoms with Crippen molar-refractivity contribution < 1.29 is 29.4 Å². The van der Waals surface area contributed by atoms with Crippen molar-refractivity contribution in [2.75, 3.05) is 0 Å². The molecule has 3 aliphatic rings. The van der Waals surface area contributed by atoms with Crippen molar-refractivity contribution in [1.29, 1.82) is 0 Å². The number of ketones is 4. The van der Waals surface area contributed by atoms with E-state index in [4.69, 9.17) is 0 Å². The highest BCUT2D eigenvalue weighted by molar-refractivity contribution is 6.21. The largest absolute Gasteiger partial charge is 0.507 e. The summed E-state index contributed by atoms with van der Waals surface area (Å²) in [7, 11) is 0. The van der Waals surface area contributed by atoms with Crippen LogP contribution in [0.5, 0.6) is 11.5 Å². The fourth-order valence-corrected chi connectivity index (χ4v) is 5.72. The number of phenols is 2. The van der Waals surface area contributed by atoms with Gasteiger partial charge in [-0.3, -0.25) is 19.2 Å². The molecule has 0 aromatic heterocycles. The van der Waals surface area contributed by atoms with Crippen molar-refractivity contribution in [2.24, 2.45) is 0 Å². The lowest BCUT2D eigenvalue weighted by molar-refractivity contribution is -0.115. The molecule has 6 nitrogen and oxygen atoms in total. The highest BCUT2D eigenvalue weighted by Crippen LogP contribution is 2.38. The van der Waals surface area contributed by atoms with Crippen molar-refractivity contribution in [1.82, 2.24) is 0 Å². The second-order valence-corrected chi connectivity index (χ2v) is 13.6.